The van der Waals surface area contributed by atoms with Crippen LogP contribution < -0.4 is 5.32 Å². The SMILES string of the molecule is C=C/C=C\C(=C/C)NC(=O)/C=C/c1ccccc1.CC.CC. The Labute approximate surface area is 136 Å². The van der Waals surface area contributed by atoms with Crippen molar-refractivity contribution >= 4 is 12.0 Å². The van der Waals surface area contributed by atoms with E-state index < -0.39 is 0 Å². The van der Waals surface area contributed by atoms with Crippen LogP contribution in [-0.4, -0.2) is 5.91 Å². The Morgan fingerprint density at radius 3 is 2.14 bits per heavy atom. The first kappa shape index (κ1) is 21.9. The monoisotopic (exact) mass is 299 g/mol. The summed E-state index contributed by atoms with van der Waals surface area (Å²) in [5.74, 6) is -0.152. The van der Waals surface area contributed by atoms with E-state index in [4.69, 9.17) is 0 Å². The summed E-state index contributed by atoms with van der Waals surface area (Å²) < 4.78 is 0. The van der Waals surface area contributed by atoms with E-state index in [0.29, 0.717) is 0 Å². The van der Waals surface area contributed by atoms with E-state index in [1.54, 1.807) is 24.3 Å². The highest BCUT2D eigenvalue weighted by molar-refractivity contribution is 5.93. The molecule has 1 amide bonds. The highest BCUT2D eigenvalue weighted by Crippen LogP contribution is 2.01. The zero-order valence-corrected chi connectivity index (χ0v) is 14.5. The normalized spacial score (nSPS) is 10.3. The van der Waals surface area contributed by atoms with E-state index in [-0.39, 0.29) is 5.91 Å². The van der Waals surface area contributed by atoms with Crippen molar-refractivity contribution in [3.05, 3.63) is 78.6 Å². The number of hydrogen-bond donors (Lipinski definition) is 1. The first-order chi connectivity index (χ1) is 10.8. The quantitative estimate of drug-likeness (QED) is 0.563. The van der Waals surface area contributed by atoms with Crippen LogP contribution in [0.15, 0.2) is 73.0 Å². The van der Waals surface area contributed by atoms with Gasteiger partial charge in [0.25, 0.3) is 0 Å². The topological polar surface area (TPSA) is 29.1 Å². The first-order valence-electron chi connectivity index (χ1n) is 7.76. The Morgan fingerprint density at radius 1 is 1.05 bits per heavy atom. The summed E-state index contributed by atoms with van der Waals surface area (Å²) in [6, 6.07) is 9.69. The van der Waals surface area contributed by atoms with Gasteiger partial charge in [0, 0.05) is 11.8 Å². The molecule has 2 nitrogen and oxygen atoms in total. The number of benzene rings is 1. The minimum absolute atomic E-state index is 0.152. The molecule has 22 heavy (non-hydrogen) atoms. The lowest BCUT2D eigenvalue weighted by molar-refractivity contribution is -0.115. The number of hydrogen-bond acceptors (Lipinski definition) is 1. The van der Waals surface area contributed by atoms with Crippen molar-refractivity contribution in [1.29, 1.82) is 0 Å². The van der Waals surface area contributed by atoms with Crippen LogP contribution in [0.3, 0.4) is 0 Å². The van der Waals surface area contributed by atoms with Gasteiger partial charge >= 0.3 is 0 Å². The summed E-state index contributed by atoms with van der Waals surface area (Å²) in [7, 11) is 0. The Hall–Kier alpha value is -2.35. The average Bonchev–Trinajstić information content (AvgIpc) is 2.61. The number of carbonyl (C=O) groups excluding carboxylic acids is 1. The minimum Gasteiger partial charge on any atom is -0.323 e. The van der Waals surface area contributed by atoms with Gasteiger partial charge in [-0.1, -0.05) is 82.8 Å². The summed E-state index contributed by atoms with van der Waals surface area (Å²) >= 11 is 0. The van der Waals surface area contributed by atoms with Crippen molar-refractivity contribution in [1.82, 2.24) is 5.32 Å². The zero-order valence-electron chi connectivity index (χ0n) is 14.5. The molecule has 1 aromatic rings. The van der Waals surface area contributed by atoms with Crippen LogP contribution in [0, 0.1) is 0 Å². The number of allylic oxidation sites excluding steroid dienone is 4. The van der Waals surface area contributed by atoms with Gasteiger partial charge in [0.2, 0.25) is 5.91 Å². The smallest absolute Gasteiger partial charge is 0.248 e. The molecule has 1 N–H and O–H groups in total. The van der Waals surface area contributed by atoms with Crippen molar-refractivity contribution < 1.29 is 4.79 Å². The van der Waals surface area contributed by atoms with E-state index in [2.05, 4.69) is 11.9 Å². The number of nitrogens with one attached hydrogen (secondary N) is 1. The molecule has 0 aliphatic heterocycles. The lowest BCUT2D eigenvalue weighted by atomic mass is 10.2. The molecule has 0 saturated heterocycles. The van der Waals surface area contributed by atoms with Gasteiger partial charge in [-0.3, -0.25) is 4.79 Å². The van der Waals surface area contributed by atoms with Gasteiger partial charge in [0.05, 0.1) is 0 Å². The maximum atomic E-state index is 11.7. The van der Waals surface area contributed by atoms with E-state index in [0.717, 1.165) is 11.3 Å². The second-order valence-corrected chi connectivity index (χ2v) is 3.57. The van der Waals surface area contributed by atoms with Crippen LogP contribution in [0.4, 0.5) is 0 Å². The molecule has 0 aromatic heterocycles. The van der Waals surface area contributed by atoms with Crippen LogP contribution in [0.25, 0.3) is 6.08 Å². The summed E-state index contributed by atoms with van der Waals surface area (Å²) in [4.78, 5) is 11.7. The van der Waals surface area contributed by atoms with Gasteiger partial charge in [0.1, 0.15) is 0 Å². The van der Waals surface area contributed by atoms with Crippen molar-refractivity contribution in [2.45, 2.75) is 34.6 Å². The maximum Gasteiger partial charge on any atom is 0.248 e. The van der Waals surface area contributed by atoms with E-state index in [1.165, 1.54) is 6.08 Å². The fourth-order valence-electron chi connectivity index (χ4n) is 1.30. The van der Waals surface area contributed by atoms with Crippen LogP contribution in [0.2, 0.25) is 0 Å². The molecule has 0 atom stereocenters. The Kier molecular flexibility index (Phi) is 16.7. The maximum absolute atomic E-state index is 11.7. The van der Waals surface area contributed by atoms with Crippen molar-refractivity contribution in [3.8, 4) is 0 Å². The molecule has 1 aromatic carbocycles. The molecule has 2 heteroatoms. The lowest BCUT2D eigenvalue weighted by Gasteiger charge is -2.01. The standard InChI is InChI=1S/C16H17NO.2C2H6/c1-3-5-11-15(4-2)17-16(18)13-12-14-9-7-6-8-10-14;2*1-2/h3-13H,1H2,2H3,(H,17,18);2*1-2H3/b11-5-,13-12+,15-4+;;. The van der Waals surface area contributed by atoms with Gasteiger partial charge in [-0.25, -0.2) is 0 Å². The number of rotatable bonds is 5. The van der Waals surface area contributed by atoms with Crippen LogP contribution in [-0.2, 0) is 4.79 Å². The van der Waals surface area contributed by atoms with Crippen molar-refractivity contribution in [2.24, 2.45) is 0 Å². The van der Waals surface area contributed by atoms with E-state index in [1.807, 2.05) is 71.0 Å². The molecule has 0 saturated carbocycles. The Bertz CT molecular complexity index is 482. The van der Waals surface area contributed by atoms with Crippen molar-refractivity contribution in [2.75, 3.05) is 0 Å². The van der Waals surface area contributed by atoms with Crippen LogP contribution in [0.5, 0.6) is 0 Å². The molecule has 1 rings (SSSR count). The average molecular weight is 299 g/mol. The summed E-state index contributed by atoms with van der Waals surface area (Å²) in [5.41, 5.74) is 1.74. The van der Waals surface area contributed by atoms with Gasteiger partial charge in [-0.15, -0.1) is 0 Å². The lowest BCUT2D eigenvalue weighted by Crippen LogP contribution is -2.18. The second-order valence-electron chi connectivity index (χ2n) is 3.57. The predicted molar refractivity (Wildman–Crippen MR) is 99.4 cm³/mol. The summed E-state index contributed by atoms with van der Waals surface area (Å²) in [5, 5.41) is 2.77. The molecule has 120 valence electrons. The minimum atomic E-state index is -0.152. The van der Waals surface area contributed by atoms with Gasteiger partial charge in [0.15, 0.2) is 0 Å². The molecule has 0 aliphatic rings. The summed E-state index contributed by atoms with van der Waals surface area (Å²) in [6.45, 7) is 13.4. The molecule has 0 aliphatic carbocycles. The third-order valence-electron chi connectivity index (χ3n) is 2.22. The van der Waals surface area contributed by atoms with E-state index >= 15 is 0 Å². The molecule has 0 heterocycles. The molecular formula is C20H29NO. The molecule has 0 fully saturated rings. The molecule has 0 bridgehead atoms. The predicted octanol–water partition coefficient (Wildman–Crippen LogP) is 5.51. The highest BCUT2D eigenvalue weighted by Gasteiger charge is 1.96. The fourth-order valence-corrected chi connectivity index (χ4v) is 1.30. The zero-order chi connectivity index (χ0) is 17.2. The van der Waals surface area contributed by atoms with E-state index in [9.17, 15) is 4.79 Å². The van der Waals surface area contributed by atoms with Gasteiger partial charge in [-0.2, -0.15) is 0 Å². The largest absolute Gasteiger partial charge is 0.323 e. The molecular weight excluding hydrogens is 270 g/mol. The molecule has 0 unspecified atom stereocenters. The Balaban J connectivity index is 0. The number of carbonyl (C=O) groups is 1. The molecule has 0 spiro atoms. The molecule has 0 radical (unpaired) electrons. The summed E-state index contributed by atoms with van der Waals surface area (Å²) in [6.07, 6.45) is 10.3. The second kappa shape index (κ2) is 16.7. The first-order valence-corrected chi connectivity index (χ1v) is 7.76. The van der Waals surface area contributed by atoms with Crippen molar-refractivity contribution in [3.63, 3.8) is 0 Å². The van der Waals surface area contributed by atoms with Crippen LogP contribution in [0.1, 0.15) is 40.2 Å². The fraction of sp³-hybridized carbons (Fsp3) is 0.250. The van der Waals surface area contributed by atoms with Gasteiger partial charge < -0.3 is 5.32 Å². The Morgan fingerprint density at radius 2 is 1.64 bits per heavy atom. The van der Waals surface area contributed by atoms with Gasteiger partial charge in [-0.05, 0) is 24.6 Å². The number of amides is 1. The van der Waals surface area contributed by atoms with Crippen LogP contribution >= 0.6 is 0 Å². The highest BCUT2D eigenvalue weighted by atomic mass is 16.1. The third kappa shape index (κ3) is 11.5. The third-order valence-corrected chi connectivity index (χ3v) is 2.22.